The molecule has 11 rings (SSSR count). The number of aromatic nitrogens is 4. The van der Waals surface area contributed by atoms with E-state index in [2.05, 4.69) is 156 Å². The molecule has 4 heteroatoms. The lowest BCUT2D eigenvalue weighted by molar-refractivity contribution is 0.656. The third-order valence-electron chi connectivity index (χ3n) is 11.1. The fraction of sp³-hybridized carbons (Fsp3) is 0.0638. The number of rotatable bonds is 3. The molecular weight excluding hydrogens is 621 g/mol. The van der Waals surface area contributed by atoms with Gasteiger partial charge in [0.15, 0.2) is 5.82 Å². The van der Waals surface area contributed by atoms with Crippen LogP contribution in [0.2, 0.25) is 0 Å². The van der Waals surface area contributed by atoms with Crippen molar-refractivity contribution in [2.45, 2.75) is 19.3 Å². The standard InChI is InChI=1S/C47H32N4/c1-47(2)34-21-9-6-17-30(34)31-20-14-26-41(44(31)47)50-37-24-12-7-18-32(37)42-39(50)27-28-40-43(42)33-19-8-13-25-38(33)51(40)46-45(29-15-4-3-5-16-29)48-35-22-10-11-23-36(35)49-46/h3-28H,1-2H3. The van der Waals surface area contributed by atoms with Crippen molar-refractivity contribution in [1.29, 1.82) is 0 Å². The van der Waals surface area contributed by atoms with Crippen molar-refractivity contribution in [2.75, 3.05) is 0 Å². The SMILES string of the molecule is CC1(C)c2ccccc2-c2cccc(-n3c4ccccc4c4c5c6ccccc6n(-c6nc7ccccc7nc6-c6ccccc6)c5ccc43)c21. The van der Waals surface area contributed by atoms with Crippen LogP contribution in [0.25, 0.3) is 88.5 Å². The first-order valence-electron chi connectivity index (χ1n) is 17.6. The van der Waals surface area contributed by atoms with Gasteiger partial charge in [0.25, 0.3) is 0 Å². The van der Waals surface area contributed by atoms with E-state index in [0.29, 0.717) is 0 Å². The number of hydrogen-bond donors (Lipinski definition) is 0. The zero-order valence-corrected chi connectivity index (χ0v) is 28.3. The van der Waals surface area contributed by atoms with Crippen LogP contribution in [0.3, 0.4) is 0 Å². The second-order valence-corrected chi connectivity index (χ2v) is 14.2. The molecule has 3 heterocycles. The van der Waals surface area contributed by atoms with E-state index in [1.807, 2.05) is 24.3 Å². The molecule has 0 amide bonds. The Kier molecular flexibility index (Phi) is 5.70. The van der Waals surface area contributed by atoms with E-state index in [0.717, 1.165) is 39.1 Å². The Morgan fingerprint density at radius 1 is 0.451 bits per heavy atom. The molecular formula is C47H32N4. The maximum atomic E-state index is 5.36. The number of para-hydroxylation sites is 4. The first kappa shape index (κ1) is 28.3. The quantitative estimate of drug-likeness (QED) is 0.190. The molecule has 1 aliphatic carbocycles. The van der Waals surface area contributed by atoms with Crippen LogP contribution in [-0.2, 0) is 5.41 Å². The molecule has 0 atom stereocenters. The van der Waals surface area contributed by atoms with E-state index < -0.39 is 0 Å². The molecule has 240 valence electrons. The Hall–Kier alpha value is -6.52. The van der Waals surface area contributed by atoms with Gasteiger partial charge in [0.1, 0.15) is 5.69 Å². The first-order chi connectivity index (χ1) is 25.1. The van der Waals surface area contributed by atoms with Crippen molar-refractivity contribution in [3.8, 4) is 33.9 Å². The van der Waals surface area contributed by atoms with E-state index >= 15 is 0 Å². The lowest BCUT2D eigenvalue weighted by atomic mass is 9.81. The molecule has 10 aromatic rings. The van der Waals surface area contributed by atoms with Crippen LogP contribution in [0.15, 0.2) is 158 Å². The highest BCUT2D eigenvalue weighted by Gasteiger charge is 2.38. The summed E-state index contributed by atoms with van der Waals surface area (Å²) in [4.78, 5) is 10.6. The Labute approximate surface area is 294 Å². The van der Waals surface area contributed by atoms with Gasteiger partial charge in [-0.15, -0.1) is 0 Å². The van der Waals surface area contributed by atoms with Crippen molar-refractivity contribution < 1.29 is 0 Å². The fourth-order valence-corrected chi connectivity index (χ4v) is 8.95. The molecule has 7 aromatic carbocycles. The van der Waals surface area contributed by atoms with Gasteiger partial charge < -0.3 is 4.57 Å². The second kappa shape index (κ2) is 10.3. The summed E-state index contributed by atoms with van der Waals surface area (Å²) >= 11 is 0. The topological polar surface area (TPSA) is 35.6 Å². The maximum absolute atomic E-state index is 5.36. The summed E-state index contributed by atoms with van der Waals surface area (Å²) in [7, 11) is 0. The minimum absolute atomic E-state index is 0.150. The molecule has 0 aliphatic heterocycles. The minimum atomic E-state index is -0.150. The van der Waals surface area contributed by atoms with Crippen molar-refractivity contribution >= 4 is 54.6 Å². The van der Waals surface area contributed by atoms with Gasteiger partial charge in [-0.05, 0) is 64.7 Å². The Balaban J connectivity index is 1.28. The van der Waals surface area contributed by atoms with Crippen LogP contribution in [0.1, 0.15) is 25.0 Å². The third kappa shape index (κ3) is 3.79. The highest BCUT2D eigenvalue weighted by Crippen LogP contribution is 2.52. The minimum Gasteiger partial charge on any atom is -0.309 e. The third-order valence-corrected chi connectivity index (χ3v) is 11.1. The second-order valence-electron chi connectivity index (χ2n) is 14.2. The molecule has 0 bridgehead atoms. The Bertz CT molecular complexity index is 3050. The van der Waals surface area contributed by atoms with Gasteiger partial charge in [-0.2, -0.15) is 0 Å². The molecule has 0 radical (unpaired) electrons. The predicted octanol–water partition coefficient (Wildman–Crippen LogP) is 11.8. The smallest absolute Gasteiger partial charge is 0.165 e. The zero-order valence-electron chi connectivity index (χ0n) is 28.3. The van der Waals surface area contributed by atoms with Crippen LogP contribution < -0.4 is 0 Å². The number of benzene rings is 7. The van der Waals surface area contributed by atoms with Crippen LogP contribution >= 0.6 is 0 Å². The molecule has 4 nitrogen and oxygen atoms in total. The first-order valence-corrected chi connectivity index (χ1v) is 17.6. The zero-order chi connectivity index (χ0) is 33.8. The van der Waals surface area contributed by atoms with Gasteiger partial charge in [-0.1, -0.05) is 129 Å². The van der Waals surface area contributed by atoms with Crippen molar-refractivity contribution in [2.24, 2.45) is 0 Å². The summed E-state index contributed by atoms with van der Waals surface area (Å²) in [5.74, 6) is 0.828. The highest BCUT2D eigenvalue weighted by atomic mass is 15.1. The van der Waals surface area contributed by atoms with Crippen molar-refractivity contribution in [3.05, 3.63) is 169 Å². The number of hydrogen-bond acceptors (Lipinski definition) is 2. The molecule has 3 aromatic heterocycles. The molecule has 0 unspecified atom stereocenters. The Morgan fingerprint density at radius 3 is 1.76 bits per heavy atom. The van der Waals surface area contributed by atoms with E-state index in [1.165, 1.54) is 60.5 Å². The molecule has 0 saturated heterocycles. The monoisotopic (exact) mass is 652 g/mol. The summed E-state index contributed by atoms with van der Waals surface area (Å²) in [5.41, 5.74) is 14.7. The molecule has 51 heavy (non-hydrogen) atoms. The average molecular weight is 653 g/mol. The molecule has 0 saturated carbocycles. The van der Waals surface area contributed by atoms with E-state index in [1.54, 1.807) is 0 Å². The van der Waals surface area contributed by atoms with Gasteiger partial charge in [-0.25, -0.2) is 9.97 Å². The van der Waals surface area contributed by atoms with Gasteiger partial charge in [0.05, 0.1) is 38.8 Å². The summed E-state index contributed by atoms with van der Waals surface area (Å²) < 4.78 is 4.84. The van der Waals surface area contributed by atoms with Gasteiger partial charge in [0.2, 0.25) is 0 Å². The lowest BCUT2D eigenvalue weighted by Gasteiger charge is -2.25. The average Bonchev–Trinajstić information content (AvgIpc) is 3.78. The van der Waals surface area contributed by atoms with E-state index in [-0.39, 0.29) is 5.41 Å². The summed E-state index contributed by atoms with van der Waals surface area (Å²) in [6.45, 7) is 4.74. The van der Waals surface area contributed by atoms with Crippen LogP contribution in [-0.4, -0.2) is 19.1 Å². The van der Waals surface area contributed by atoms with Crippen LogP contribution in [0.5, 0.6) is 0 Å². The van der Waals surface area contributed by atoms with Crippen LogP contribution in [0, 0.1) is 0 Å². The number of nitrogens with zero attached hydrogens (tertiary/aromatic N) is 4. The molecule has 0 spiro atoms. The molecule has 0 N–H and O–H groups in total. The number of fused-ring (bicyclic) bond motifs is 11. The van der Waals surface area contributed by atoms with Gasteiger partial charge in [0, 0.05) is 32.5 Å². The highest BCUT2D eigenvalue weighted by molar-refractivity contribution is 6.29. The summed E-state index contributed by atoms with van der Waals surface area (Å²) in [6, 6.07) is 56.6. The lowest BCUT2D eigenvalue weighted by Crippen LogP contribution is -2.17. The molecule has 1 aliphatic rings. The fourth-order valence-electron chi connectivity index (χ4n) is 8.95. The van der Waals surface area contributed by atoms with Gasteiger partial charge in [-0.3, -0.25) is 4.57 Å². The van der Waals surface area contributed by atoms with E-state index in [4.69, 9.17) is 9.97 Å². The van der Waals surface area contributed by atoms with Crippen molar-refractivity contribution in [3.63, 3.8) is 0 Å². The normalized spacial score (nSPS) is 13.5. The summed E-state index contributed by atoms with van der Waals surface area (Å²) in [6.07, 6.45) is 0. The predicted molar refractivity (Wildman–Crippen MR) is 211 cm³/mol. The van der Waals surface area contributed by atoms with E-state index in [9.17, 15) is 0 Å². The Morgan fingerprint density at radius 2 is 1.02 bits per heavy atom. The van der Waals surface area contributed by atoms with Gasteiger partial charge >= 0.3 is 0 Å². The van der Waals surface area contributed by atoms with Crippen molar-refractivity contribution in [1.82, 2.24) is 19.1 Å². The maximum Gasteiger partial charge on any atom is 0.165 e. The summed E-state index contributed by atoms with van der Waals surface area (Å²) in [5, 5.41) is 4.90. The molecule has 0 fully saturated rings. The van der Waals surface area contributed by atoms with Crippen LogP contribution in [0.4, 0.5) is 0 Å². The largest absolute Gasteiger partial charge is 0.309 e.